The summed E-state index contributed by atoms with van der Waals surface area (Å²) in [6, 6.07) is 22.0. The van der Waals surface area contributed by atoms with Crippen molar-refractivity contribution < 1.29 is 18.7 Å². The molecule has 0 aliphatic rings. The van der Waals surface area contributed by atoms with Gasteiger partial charge in [0.05, 0.1) is 36.4 Å². The van der Waals surface area contributed by atoms with Crippen LogP contribution in [0.15, 0.2) is 82.3 Å². The van der Waals surface area contributed by atoms with E-state index in [1.54, 1.807) is 43.5 Å². The van der Waals surface area contributed by atoms with Crippen molar-refractivity contribution in [2.24, 2.45) is 5.10 Å². The fraction of sp³-hybridized carbons (Fsp3) is 0.0800. The number of ether oxygens (including phenoxy) is 2. The smallest absolute Gasteiger partial charge is 0.275 e. The fourth-order valence-electron chi connectivity index (χ4n) is 3.56. The van der Waals surface area contributed by atoms with E-state index in [0.717, 1.165) is 16.4 Å². The van der Waals surface area contributed by atoms with Crippen LogP contribution in [0.4, 0.5) is 0 Å². The van der Waals surface area contributed by atoms with E-state index in [1.165, 1.54) is 7.11 Å². The second-order valence-corrected chi connectivity index (χ2v) is 7.22. The van der Waals surface area contributed by atoms with E-state index >= 15 is 0 Å². The molecule has 33 heavy (non-hydrogen) atoms. The van der Waals surface area contributed by atoms with E-state index in [1.807, 2.05) is 36.4 Å². The number of hydrogen-bond donors (Lipinski definition) is 2. The summed E-state index contributed by atoms with van der Waals surface area (Å²) in [5.74, 6) is 1.29. The number of carbonyl (C=O) groups is 1. The lowest BCUT2D eigenvalue weighted by molar-refractivity contribution is 0.0948. The number of nitrogens with zero attached hydrogens (tertiary/aromatic N) is 2. The molecule has 0 aliphatic carbocycles. The number of benzene rings is 3. The van der Waals surface area contributed by atoms with E-state index in [-0.39, 0.29) is 5.55 Å². The molecular formula is C25H20N4O4. The summed E-state index contributed by atoms with van der Waals surface area (Å²) >= 11 is 0. The van der Waals surface area contributed by atoms with E-state index in [4.69, 9.17) is 13.9 Å². The molecule has 0 radical (unpaired) electrons. The zero-order valence-electron chi connectivity index (χ0n) is 18.0. The Labute approximate surface area is 188 Å². The number of imidazole rings is 1. The molecule has 2 aromatic heterocycles. The van der Waals surface area contributed by atoms with Crippen molar-refractivity contribution in [3.05, 3.63) is 83.9 Å². The van der Waals surface area contributed by atoms with Crippen LogP contribution >= 0.6 is 0 Å². The molecule has 5 rings (SSSR count). The third-order valence-corrected chi connectivity index (χ3v) is 5.21. The van der Waals surface area contributed by atoms with Crippen molar-refractivity contribution in [3.8, 4) is 22.9 Å². The standard InChI is InChI=1S/C25H20N4O4/c1-31-16-11-12-21-15(13-16)14-18(23-26-19-8-4-5-9-20(19)27-23)25(33-21)29-28-24(30)17-7-3-6-10-22(17)32-2/h3-14H,1-2H3,(H,26,27)(H,28,30). The molecular weight excluding hydrogens is 420 g/mol. The SMILES string of the molecule is COc1ccc2oc(=NNC(=O)c3ccccc3OC)c(-c3nc4ccccc4[nH]3)cc2c1. The maximum Gasteiger partial charge on any atom is 0.275 e. The number of rotatable bonds is 5. The Morgan fingerprint density at radius 3 is 2.64 bits per heavy atom. The number of hydrogen-bond acceptors (Lipinski definition) is 6. The number of aromatic amines is 1. The molecule has 0 atom stereocenters. The third kappa shape index (κ3) is 3.89. The van der Waals surface area contributed by atoms with E-state index in [9.17, 15) is 4.79 Å². The van der Waals surface area contributed by atoms with Gasteiger partial charge in [0.15, 0.2) is 0 Å². The van der Waals surface area contributed by atoms with Gasteiger partial charge < -0.3 is 18.9 Å². The van der Waals surface area contributed by atoms with Crippen LogP contribution in [-0.4, -0.2) is 30.1 Å². The van der Waals surface area contributed by atoms with E-state index in [0.29, 0.717) is 34.0 Å². The predicted molar refractivity (Wildman–Crippen MR) is 124 cm³/mol. The minimum atomic E-state index is -0.423. The molecule has 3 aromatic carbocycles. The zero-order valence-corrected chi connectivity index (χ0v) is 18.0. The lowest BCUT2D eigenvalue weighted by Gasteiger charge is -2.07. The quantitative estimate of drug-likeness (QED) is 0.398. The summed E-state index contributed by atoms with van der Waals surface area (Å²) in [4.78, 5) is 20.7. The second-order valence-electron chi connectivity index (χ2n) is 7.22. The molecule has 1 amide bonds. The number of fused-ring (bicyclic) bond motifs is 2. The highest BCUT2D eigenvalue weighted by Gasteiger charge is 2.14. The lowest BCUT2D eigenvalue weighted by Crippen LogP contribution is -2.22. The highest BCUT2D eigenvalue weighted by Crippen LogP contribution is 2.25. The highest BCUT2D eigenvalue weighted by molar-refractivity contribution is 5.96. The molecule has 5 aromatic rings. The molecule has 164 valence electrons. The van der Waals surface area contributed by atoms with Crippen LogP contribution in [0.2, 0.25) is 0 Å². The Morgan fingerprint density at radius 1 is 1.00 bits per heavy atom. The van der Waals surface area contributed by atoms with Gasteiger partial charge in [-0.3, -0.25) is 4.79 Å². The van der Waals surface area contributed by atoms with Crippen molar-refractivity contribution >= 4 is 27.9 Å². The summed E-state index contributed by atoms with van der Waals surface area (Å²) in [5, 5.41) is 5.09. The lowest BCUT2D eigenvalue weighted by atomic mass is 10.1. The minimum absolute atomic E-state index is 0.204. The molecule has 2 heterocycles. The third-order valence-electron chi connectivity index (χ3n) is 5.21. The monoisotopic (exact) mass is 440 g/mol. The molecule has 2 N–H and O–H groups in total. The van der Waals surface area contributed by atoms with Crippen LogP contribution in [0.3, 0.4) is 0 Å². The van der Waals surface area contributed by atoms with Gasteiger partial charge in [0.2, 0.25) is 5.55 Å². The van der Waals surface area contributed by atoms with Crippen LogP contribution in [0.25, 0.3) is 33.4 Å². The second kappa shape index (κ2) is 8.51. The Balaban J connectivity index is 1.64. The molecule has 0 unspecified atom stereocenters. The maximum atomic E-state index is 12.8. The molecule has 8 nitrogen and oxygen atoms in total. The first-order chi connectivity index (χ1) is 16.2. The summed E-state index contributed by atoms with van der Waals surface area (Å²) in [7, 11) is 3.12. The first kappa shape index (κ1) is 20.3. The first-order valence-corrected chi connectivity index (χ1v) is 10.2. The normalized spacial score (nSPS) is 11.6. The number of H-pyrrole nitrogens is 1. The summed E-state index contributed by atoms with van der Waals surface area (Å²) in [6.45, 7) is 0. The van der Waals surface area contributed by atoms with Gasteiger partial charge in [-0.1, -0.05) is 24.3 Å². The van der Waals surface area contributed by atoms with Crippen LogP contribution in [0.5, 0.6) is 11.5 Å². The average molecular weight is 440 g/mol. The largest absolute Gasteiger partial charge is 0.497 e. The zero-order chi connectivity index (χ0) is 22.8. The summed E-state index contributed by atoms with van der Waals surface area (Å²) < 4.78 is 16.7. The van der Waals surface area contributed by atoms with Crippen molar-refractivity contribution in [2.75, 3.05) is 14.2 Å². The number of para-hydroxylation sites is 3. The van der Waals surface area contributed by atoms with Crippen LogP contribution in [0.1, 0.15) is 10.4 Å². The van der Waals surface area contributed by atoms with Gasteiger partial charge in [0.25, 0.3) is 5.91 Å². The van der Waals surface area contributed by atoms with Gasteiger partial charge in [-0.15, -0.1) is 5.10 Å². The molecule has 0 aliphatic heterocycles. The van der Waals surface area contributed by atoms with E-state index < -0.39 is 5.91 Å². The molecule has 0 saturated heterocycles. The molecule has 0 spiro atoms. The van der Waals surface area contributed by atoms with Gasteiger partial charge in [-0.05, 0) is 48.5 Å². The first-order valence-electron chi connectivity index (χ1n) is 10.2. The molecule has 8 heteroatoms. The number of methoxy groups -OCH3 is 2. The van der Waals surface area contributed by atoms with Crippen molar-refractivity contribution in [1.82, 2.24) is 15.4 Å². The average Bonchev–Trinajstić information content (AvgIpc) is 3.30. The molecule has 0 saturated carbocycles. The Hall–Kier alpha value is -4.59. The number of nitrogens with one attached hydrogen (secondary N) is 2. The van der Waals surface area contributed by atoms with Crippen molar-refractivity contribution in [3.63, 3.8) is 0 Å². The van der Waals surface area contributed by atoms with Gasteiger partial charge >= 0.3 is 0 Å². The molecule has 0 fully saturated rings. The Bertz CT molecular complexity index is 1520. The number of amides is 1. The van der Waals surface area contributed by atoms with E-state index in [2.05, 4.69) is 20.5 Å². The van der Waals surface area contributed by atoms with Gasteiger partial charge in [-0.2, -0.15) is 0 Å². The van der Waals surface area contributed by atoms with Gasteiger partial charge in [-0.25, -0.2) is 10.4 Å². The maximum absolute atomic E-state index is 12.8. The van der Waals surface area contributed by atoms with Crippen molar-refractivity contribution in [2.45, 2.75) is 0 Å². The Kier molecular flexibility index (Phi) is 5.24. The summed E-state index contributed by atoms with van der Waals surface area (Å²) in [6.07, 6.45) is 0. The van der Waals surface area contributed by atoms with Crippen molar-refractivity contribution in [1.29, 1.82) is 0 Å². The van der Waals surface area contributed by atoms with Crippen LogP contribution in [-0.2, 0) is 0 Å². The number of aromatic nitrogens is 2. The summed E-state index contributed by atoms with van der Waals surface area (Å²) in [5.41, 5.74) is 5.99. The topological polar surface area (TPSA) is 102 Å². The molecule has 0 bridgehead atoms. The van der Waals surface area contributed by atoms with Gasteiger partial charge in [0.1, 0.15) is 22.9 Å². The highest BCUT2D eigenvalue weighted by atomic mass is 16.5. The Morgan fingerprint density at radius 2 is 1.82 bits per heavy atom. The number of carbonyl (C=O) groups excluding carboxylic acids is 1. The fourth-order valence-corrected chi connectivity index (χ4v) is 3.56. The predicted octanol–water partition coefficient (Wildman–Crippen LogP) is 4.24. The van der Waals surface area contributed by atoms with Gasteiger partial charge in [0, 0.05) is 5.39 Å². The minimum Gasteiger partial charge on any atom is -0.497 e. The van der Waals surface area contributed by atoms with Crippen LogP contribution < -0.4 is 20.5 Å². The van der Waals surface area contributed by atoms with Crippen LogP contribution in [0, 0.1) is 0 Å².